The second kappa shape index (κ2) is 14.0. The van der Waals surface area contributed by atoms with Gasteiger partial charge < -0.3 is 24.2 Å². The van der Waals surface area contributed by atoms with Crippen molar-refractivity contribution in [1.29, 1.82) is 0 Å². The number of para-hydroxylation sites is 1. The van der Waals surface area contributed by atoms with Crippen molar-refractivity contribution in [2.75, 3.05) is 6.61 Å². The highest BCUT2D eigenvalue weighted by molar-refractivity contribution is 7.52. The number of hydrogen-bond acceptors (Lipinski definition) is 11. The minimum Gasteiger partial charge on any atom is -0.460 e. The summed E-state index contributed by atoms with van der Waals surface area (Å²) in [7, 11) is -4.60. The minimum absolute atomic E-state index is 0.0568. The zero-order valence-corrected chi connectivity index (χ0v) is 24.5. The van der Waals surface area contributed by atoms with E-state index in [1.807, 2.05) is 11.1 Å². The van der Waals surface area contributed by atoms with Crippen molar-refractivity contribution in [3.05, 3.63) is 110 Å². The summed E-state index contributed by atoms with van der Waals surface area (Å²) >= 11 is 0. The Morgan fingerprint density at radius 3 is 2.43 bits per heavy atom. The first kappa shape index (κ1) is 32.6. The largest absolute Gasteiger partial charge is 0.460 e. The molecule has 4 N–H and O–H groups in total. The van der Waals surface area contributed by atoms with Crippen molar-refractivity contribution in [2.24, 2.45) is 11.0 Å². The number of aliphatic hydroxyl groups is 2. The van der Waals surface area contributed by atoms with Gasteiger partial charge in [0.1, 0.15) is 30.6 Å². The number of rotatable bonds is 13. The van der Waals surface area contributed by atoms with E-state index in [0.29, 0.717) is 0 Å². The molecule has 44 heavy (non-hydrogen) atoms. The highest BCUT2D eigenvalue weighted by Gasteiger charge is 2.56. The van der Waals surface area contributed by atoms with Crippen LogP contribution in [0.5, 0.6) is 5.75 Å². The van der Waals surface area contributed by atoms with Crippen molar-refractivity contribution in [2.45, 2.75) is 50.7 Å². The number of aliphatic hydroxyl groups excluding tert-OH is 2. The van der Waals surface area contributed by atoms with Crippen LogP contribution in [0.3, 0.4) is 0 Å². The van der Waals surface area contributed by atoms with Gasteiger partial charge in [-0.05, 0) is 29.1 Å². The van der Waals surface area contributed by atoms with Crippen molar-refractivity contribution >= 4 is 13.7 Å². The lowest BCUT2D eigenvalue weighted by Crippen LogP contribution is -2.46. The number of nitrogens with one attached hydrogen (secondary N) is 2. The minimum atomic E-state index is -4.60. The Morgan fingerprint density at radius 1 is 1.16 bits per heavy atom. The maximum Gasteiger partial charge on any atom is 0.459 e. The van der Waals surface area contributed by atoms with Gasteiger partial charge in [-0.1, -0.05) is 67.5 Å². The Balaban J connectivity index is 1.61. The van der Waals surface area contributed by atoms with Crippen molar-refractivity contribution in [3.63, 3.8) is 0 Å². The lowest BCUT2D eigenvalue weighted by atomic mass is 10.1. The molecule has 1 aromatic heterocycles. The van der Waals surface area contributed by atoms with E-state index in [0.717, 1.165) is 22.4 Å². The molecular weight excluding hydrogens is 599 g/mol. The lowest BCUT2D eigenvalue weighted by molar-refractivity contribution is -0.148. The van der Waals surface area contributed by atoms with Gasteiger partial charge in [-0.2, -0.15) is 5.09 Å². The molecule has 0 radical (unpaired) electrons. The zero-order chi connectivity index (χ0) is 31.9. The van der Waals surface area contributed by atoms with E-state index in [2.05, 4.69) is 15.1 Å². The number of carbonyl (C=O) groups excluding carboxylic acids is 1. The third-order valence-corrected chi connectivity index (χ3v) is 8.11. The van der Waals surface area contributed by atoms with Gasteiger partial charge in [-0.3, -0.25) is 23.7 Å². The average molecular weight is 631 g/mol. The van der Waals surface area contributed by atoms with Crippen molar-refractivity contribution in [3.8, 4) is 5.75 Å². The van der Waals surface area contributed by atoms with Gasteiger partial charge in [-0.25, -0.2) is 9.36 Å². The monoisotopic (exact) mass is 630 g/mol. The van der Waals surface area contributed by atoms with Gasteiger partial charge in [0.05, 0.1) is 6.61 Å². The molecule has 0 aliphatic carbocycles. The maximum atomic E-state index is 14.2. The Bertz CT molecular complexity index is 1650. The Morgan fingerprint density at radius 2 is 1.82 bits per heavy atom. The predicted octanol–water partition coefficient (Wildman–Crippen LogP) is 2.36. The van der Waals surface area contributed by atoms with Crippen LogP contribution in [0.4, 0.5) is 0 Å². The normalized spacial score (nSPS) is 23.3. The molecule has 1 aliphatic rings. The van der Waals surface area contributed by atoms with E-state index in [1.54, 1.807) is 56.3 Å². The van der Waals surface area contributed by atoms with Gasteiger partial charge in [0.15, 0.2) is 6.23 Å². The number of aromatic amines is 1. The third-order valence-electron chi connectivity index (χ3n) is 6.59. The molecule has 6 atom stereocenters. The molecule has 0 spiro atoms. The van der Waals surface area contributed by atoms with E-state index in [1.165, 1.54) is 12.1 Å². The van der Waals surface area contributed by atoms with Crippen LogP contribution in [0.1, 0.15) is 25.6 Å². The predicted molar refractivity (Wildman–Crippen MR) is 154 cm³/mol. The van der Waals surface area contributed by atoms with E-state index in [-0.39, 0.29) is 12.4 Å². The lowest BCUT2D eigenvalue weighted by Gasteiger charge is -2.31. The standard InChI is InChI=1S/C27H31N6O10P/c1-17(2)21(25(37)40-15-18-9-5-3-6-10-18)30-44(39,43-19-11-7-4-8-12-19)41-16-27(31-32-28)23(36)22(35)24(42-27)33-14-13-20(34)29-26(33)38/h3-14,17,21-24,35-36H,15-16H2,1-2H3,(H,30,39)(H,29,34,38)/t21-,22-,23+,24+,27?,44?/m0/s1. The molecule has 2 unspecified atom stereocenters. The first-order valence-corrected chi connectivity index (χ1v) is 14.9. The SMILES string of the molecule is CC(C)[C@H](NP(=O)(OCC1(N=[N+]=[N-])O[C@@H](n2ccc(=O)[nH]c2=O)[C@@H](O)[C@H]1O)Oc1ccccc1)C(=O)OCc1ccccc1. The second-order valence-corrected chi connectivity index (χ2v) is 11.8. The Labute approximate surface area is 250 Å². The molecule has 234 valence electrons. The van der Waals surface area contributed by atoms with Crippen LogP contribution in [-0.4, -0.2) is 56.3 Å². The van der Waals surface area contributed by atoms with Gasteiger partial charge in [0, 0.05) is 17.2 Å². The average Bonchev–Trinajstić information content (AvgIpc) is 3.24. The van der Waals surface area contributed by atoms with Gasteiger partial charge >= 0.3 is 19.4 Å². The molecule has 2 heterocycles. The molecule has 3 aromatic rings. The fraction of sp³-hybridized carbons (Fsp3) is 0.370. The van der Waals surface area contributed by atoms with Crippen molar-refractivity contribution < 1.29 is 38.1 Å². The van der Waals surface area contributed by atoms with Crippen LogP contribution in [0.15, 0.2) is 87.6 Å². The summed E-state index contributed by atoms with van der Waals surface area (Å²) in [6.07, 6.45) is -4.52. The summed E-state index contributed by atoms with van der Waals surface area (Å²) in [5, 5.41) is 27.7. The molecular formula is C27H31N6O10P. The van der Waals surface area contributed by atoms with E-state index >= 15 is 0 Å². The number of aromatic nitrogens is 2. The number of H-pyrrole nitrogens is 1. The number of benzene rings is 2. The summed E-state index contributed by atoms with van der Waals surface area (Å²) in [5.74, 6) is -1.18. The number of azide groups is 1. The fourth-order valence-corrected chi connectivity index (χ4v) is 5.96. The summed E-state index contributed by atoms with van der Waals surface area (Å²) in [6, 6.07) is 16.5. The number of esters is 1. The summed E-state index contributed by atoms with van der Waals surface area (Å²) in [5.41, 5.74) is 5.86. The summed E-state index contributed by atoms with van der Waals surface area (Å²) in [4.78, 5) is 41.6. The molecule has 0 saturated carbocycles. The molecule has 0 amide bonds. The fourth-order valence-electron chi connectivity index (χ4n) is 4.28. The van der Waals surface area contributed by atoms with E-state index < -0.39 is 67.7 Å². The van der Waals surface area contributed by atoms with Crippen molar-refractivity contribution in [1.82, 2.24) is 14.6 Å². The highest BCUT2D eigenvalue weighted by Crippen LogP contribution is 2.48. The highest BCUT2D eigenvalue weighted by atomic mass is 31.2. The molecule has 16 nitrogen and oxygen atoms in total. The number of ether oxygens (including phenoxy) is 2. The second-order valence-electron chi connectivity index (χ2n) is 10.1. The van der Waals surface area contributed by atoms with Crippen LogP contribution in [-0.2, 0) is 30.0 Å². The van der Waals surface area contributed by atoms with Crippen LogP contribution < -0.4 is 20.9 Å². The zero-order valence-electron chi connectivity index (χ0n) is 23.6. The van der Waals surface area contributed by atoms with Crippen LogP contribution in [0.2, 0.25) is 0 Å². The van der Waals surface area contributed by atoms with Crippen LogP contribution in [0, 0.1) is 5.92 Å². The topological polar surface area (TPSA) is 227 Å². The smallest absolute Gasteiger partial charge is 0.459 e. The Hall–Kier alpha value is -4.27. The van der Waals surface area contributed by atoms with Crippen LogP contribution >= 0.6 is 7.75 Å². The van der Waals surface area contributed by atoms with E-state index in [9.17, 15) is 34.7 Å². The number of nitrogens with zero attached hydrogens (tertiary/aromatic N) is 4. The first-order valence-electron chi connectivity index (χ1n) is 13.4. The molecule has 2 aromatic carbocycles. The maximum absolute atomic E-state index is 14.2. The molecule has 17 heteroatoms. The quantitative estimate of drug-likeness (QED) is 0.0704. The molecule has 4 rings (SSSR count). The third kappa shape index (κ3) is 7.62. The first-order chi connectivity index (χ1) is 21.0. The summed E-state index contributed by atoms with van der Waals surface area (Å²) in [6.45, 7) is 2.30. The molecule has 1 aliphatic heterocycles. The van der Waals surface area contributed by atoms with Gasteiger partial charge in [0.2, 0.25) is 5.72 Å². The summed E-state index contributed by atoms with van der Waals surface area (Å²) < 4.78 is 37.4. The van der Waals surface area contributed by atoms with Crippen LogP contribution in [0.25, 0.3) is 10.4 Å². The molecule has 0 bridgehead atoms. The van der Waals surface area contributed by atoms with E-state index in [4.69, 9.17) is 18.5 Å². The van der Waals surface area contributed by atoms with Gasteiger partial charge in [0.25, 0.3) is 5.56 Å². The number of carbonyl (C=O) groups is 1. The van der Waals surface area contributed by atoms with Gasteiger partial charge in [-0.15, -0.1) is 0 Å². The number of hydrogen-bond donors (Lipinski definition) is 4. The Kier molecular flexibility index (Phi) is 10.4. The molecule has 1 fully saturated rings. The molecule has 1 saturated heterocycles.